The molecule has 0 heterocycles. The van der Waals surface area contributed by atoms with Crippen molar-refractivity contribution < 1.29 is 14.5 Å². The molecule has 48 valence electrons. The van der Waals surface area contributed by atoms with E-state index in [1.807, 2.05) is 0 Å². The second kappa shape index (κ2) is 3.40. The van der Waals surface area contributed by atoms with Gasteiger partial charge in [-0.3, -0.25) is 0 Å². The van der Waals surface area contributed by atoms with Gasteiger partial charge in [-0.2, -0.15) is 4.79 Å². The van der Waals surface area contributed by atoms with Crippen LogP contribution in [0.25, 0.3) is 5.84 Å². The first-order chi connectivity index (χ1) is 3.72. The smallest absolute Gasteiger partial charge is 0.459 e. The summed E-state index contributed by atoms with van der Waals surface area (Å²) in [6, 6.07) is 0. The minimum Gasteiger partial charge on any atom is -0.459 e. The number of ether oxygens (including phenoxy) is 1. The van der Waals surface area contributed by atoms with E-state index >= 15 is 0 Å². The van der Waals surface area contributed by atoms with Crippen LogP contribution in [0.4, 0.5) is 4.79 Å². The Kier molecular flexibility index (Phi) is 3.14. The van der Waals surface area contributed by atoms with Crippen LogP contribution < -0.4 is 5.01 Å². The Morgan fingerprint density at radius 1 is 1.88 bits per heavy atom. The molecule has 0 bridgehead atoms. The first-order valence-electron chi connectivity index (χ1n) is 2.38. The van der Waals surface area contributed by atoms with E-state index in [4.69, 9.17) is 5.84 Å². The van der Waals surface area contributed by atoms with Crippen molar-refractivity contribution >= 4 is 6.09 Å². The molecule has 4 nitrogen and oxygen atoms in total. The zero-order chi connectivity index (χ0) is 6.57. The highest BCUT2D eigenvalue weighted by Gasteiger charge is 2.04. The van der Waals surface area contributed by atoms with Gasteiger partial charge in [0.15, 0.2) is 0 Å². The van der Waals surface area contributed by atoms with Crippen LogP contribution in [0.5, 0.6) is 0 Å². The number of amides is 1. The number of rotatable bonds is 1. The summed E-state index contributed by atoms with van der Waals surface area (Å²) in [5, 5.41) is 0.0208. The summed E-state index contributed by atoms with van der Waals surface area (Å²) in [4.78, 5) is 10.3. The Morgan fingerprint density at radius 2 is 2.38 bits per heavy atom. The highest BCUT2D eigenvalue weighted by molar-refractivity contribution is 5.56. The number of carbonyl (C=O) groups excluding carboxylic acids is 1. The van der Waals surface area contributed by atoms with Crippen LogP contribution >= 0.6 is 0 Å². The van der Waals surface area contributed by atoms with Gasteiger partial charge in [-0.15, -0.1) is 0 Å². The first-order valence-corrected chi connectivity index (χ1v) is 2.38. The predicted molar refractivity (Wildman–Crippen MR) is 28.2 cm³/mol. The largest absolute Gasteiger partial charge is 0.504 e. The minimum atomic E-state index is -0.535. The Bertz CT molecular complexity index is 84.1. The molecule has 0 spiro atoms. The van der Waals surface area contributed by atoms with Crippen LogP contribution in [0.1, 0.15) is 6.92 Å². The van der Waals surface area contributed by atoms with Crippen molar-refractivity contribution in [1.29, 1.82) is 0 Å². The summed E-state index contributed by atoms with van der Waals surface area (Å²) in [7, 11) is 1.27. The van der Waals surface area contributed by atoms with Crippen LogP contribution in [0, 0.1) is 0 Å². The highest BCUT2D eigenvalue weighted by atomic mass is 16.5. The Hall–Kier alpha value is -0.610. The summed E-state index contributed by atoms with van der Waals surface area (Å²) >= 11 is 0. The Balaban J connectivity index is 3.46. The van der Waals surface area contributed by atoms with Gasteiger partial charge in [-0.1, -0.05) is 0 Å². The van der Waals surface area contributed by atoms with Crippen molar-refractivity contribution in [3.63, 3.8) is 0 Å². The van der Waals surface area contributed by atoms with E-state index in [1.165, 1.54) is 7.11 Å². The zero-order valence-corrected chi connectivity index (χ0v) is 5.02. The molecule has 0 aromatic rings. The van der Waals surface area contributed by atoms with E-state index in [9.17, 15) is 4.79 Å². The van der Waals surface area contributed by atoms with E-state index in [0.29, 0.717) is 6.54 Å². The van der Waals surface area contributed by atoms with Crippen molar-refractivity contribution in [1.82, 2.24) is 0 Å². The summed E-state index contributed by atoms with van der Waals surface area (Å²) in [5.41, 5.74) is 0. The van der Waals surface area contributed by atoms with Crippen LogP contribution in [0.15, 0.2) is 0 Å². The molecule has 1 atom stereocenters. The minimum absolute atomic E-state index is 0.0208. The van der Waals surface area contributed by atoms with Crippen LogP contribution in [0.3, 0.4) is 0 Å². The third-order valence-electron chi connectivity index (χ3n) is 0.785. The molecular formula is C4H10N2O2. The third kappa shape index (κ3) is 1.90. The molecule has 4 heteroatoms. The maximum Gasteiger partial charge on any atom is 0.504 e. The van der Waals surface area contributed by atoms with Gasteiger partial charge in [0.1, 0.15) is 0 Å². The number of alkyl carbamates (subject to hydrolysis) is 1. The molecule has 0 aliphatic heterocycles. The lowest BCUT2D eigenvalue weighted by Gasteiger charge is -2.12. The molecule has 0 saturated heterocycles. The lowest BCUT2D eigenvalue weighted by atomic mass is 10.7. The monoisotopic (exact) mass is 118 g/mol. The molecule has 8 heavy (non-hydrogen) atoms. The fourth-order valence-electron chi connectivity index (χ4n) is 0.268. The van der Waals surface area contributed by atoms with Gasteiger partial charge in [0.25, 0.3) is 0 Å². The van der Waals surface area contributed by atoms with Gasteiger partial charge in [0, 0.05) is 0 Å². The van der Waals surface area contributed by atoms with Gasteiger partial charge in [-0.05, 0) is 6.92 Å². The van der Waals surface area contributed by atoms with Gasteiger partial charge < -0.3 is 15.6 Å². The van der Waals surface area contributed by atoms with Crippen LogP contribution in [-0.4, -0.2) is 19.7 Å². The average Bonchev–Trinajstić information content (AvgIpc) is 1.84. The van der Waals surface area contributed by atoms with Gasteiger partial charge in [0.2, 0.25) is 0 Å². The number of quaternary nitrogens is 1. The zero-order valence-electron chi connectivity index (χ0n) is 5.02. The molecule has 0 aromatic heterocycles. The molecular weight excluding hydrogens is 108 g/mol. The number of hydrogen-bond acceptors (Lipinski definition) is 2. The Morgan fingerprint density at radius 3 is 2.50 bits per heavy atom. The van der Waals surface area contributed by atoms with Gasteiger partial charge >= 0.3 is 6.09 Å². The lowest BCUT2D eigenvalue weighted by molar-refractivity contribution is -0.766. The summed E-state index contributed by atoms with van der Waals surface area (Å²) in [5.74, 6) is 6.87. The number of nitrogens with one attached hydrogen (secondary N) is 2. The van der Waals surface area contributed by atoms with E-state index in [2.05, 4.69) is 4.74 Å². The molecule has 2 N–H and O–H groups in total. The number of carbonyl (C=O) groups is 1. The number of hydrogen-bond donors (Lipinski definition) is 1. The Labute approximate surface area is 48.2 Å². The summed E-state index contributed by atoms with van der Waals surface area (Å²) in [6.45, 7) is 2.17. The lowest BCUT2D eigenvalue weighted by Crippen LogP contribution is -3.08. The van der Waals surface area contributed by atoms with E-state index < -0.39 is 6.09 Å². The van der Waals surface area contributed by atoms with Crippen molar-refractivity contribution in [3.8, 4) is 0 Å². The molecule has 1 amide bonds. The fraction of sp³-hybridized carbons (Fsp3) is 0.750. The van der Waals surface area contributed by atoms with Crippen molar-refractivity contribution in [2.24, 2.45) is 0 Å². The molecule has 0 rings (SSSR count). The molecule has 0 aliphatic carbocycles. The molecule has 0 aromatic carbocycles. The number of methoxy groups -OCH3 is 1. The molecule has 0 aliphatic rings. The molecule has 0 saturated carbocycles. The van der Waals surface area contributed by atoms with E-state index in [-0.39, 0.29) is 5.01 Å². The SMILES string of the molecule is CC[NH+]([NH-])C(=O)OC. The second-order valence-corrected chi connectivity index (χ2v) is 1.32. The van der Waals surface area contributed by atoms with Crippen molar-refractivity contribution in [3.05, 3.63) is 5.84 Å². The standard InChI is InChI=1S/C4H10N2O2/c1-3-6(5)4(7)8-2/h5-6H,3H2,1-2H3. The highest BCUT2D eigenvalue weighted by Crippen LogP contribution is 1.60. The van der Waals surface area contributed by atoms with Crippen molar-refractivity contribution in [2.75, 3.05) is 13.7 Å². The van der Waals surface area contributed by atoms with E-state index in [1.54, 1.807) is 6.92 Å². The van der Waals surface area contributed by atoms with Crippen LogP contribution in [-0.2, 0) is 4.74 Å². The average molecular weight is 118 g/mol. The van der Waals surface area contributed by atoms with Crippen molar-refractivity contribution in [2.45, 2.75) is 6.92 Å². The van der Waals surface area contributed by atoms with Crippen LogP contribution in [0.2, 0.25) is 0 Å². The topological polar surface area (TPSA) is 54.5 Å². The van der Waals surface area contributed by atoms with E-state index in [0.717, 1.165) is 0 Å². The second-order valence-electron chi connectivity index (χ2n) is 1.32. The quantitative estimate of drug-likeness (QED) is 0.477. The summed E-state index contributed by atoms with van der Waals surface area (Å²) in [6.07, 6.45) is -0.535. The normalized spacial score (nSPS) is 12.9. The predicted octanol–water partition coefficient (Wildman–Crippen LogP) is -0.375. The maximum atomic E-state index is 10.3. The maximum absolute atomic E-state index is 10.3. The van der Waals surface area contributed by atoms with Gasteiger partial charge in [0.05, 0.1) is 13.7 Å². The summed E-state index contributed by atoms with van der Waals surface area (Å²) < 4.78 is 4.24. The molecule has 1 unspecified atom stereocenters. The van der Waals surface area contributed by atoms with Gasteiger partial charge in [-0.25, -0.2) is 0 Å². The molecule has 0 radical (unpaired) electrons. The first kappa shape index (κ1) is 7.39. The third-order valence-corrected chi connectivity index (χ3v) is 0.785. The fourth-order valence-corrected chi connectivity index (χ4v) is 0.268. The molecule has 0 fully saturated rings.